The van der Waals surface area contributed by atoms with E-state index in [9.17, 15) is 4.79 Å². The Kier molecular flexibility index (Phi) is 1.49. The van der Waals surface area contributed by atoms with Gasteiger partial charge in [0.1, 0.15) is 0 Å². The van der Waals surface area contributed by atoms with Crippen LogP contribution in [0.15, 0.2) is 30.3 Å². The third kappa shape index (κ3) is 0.930. The largest absolute Gasteiger partial charge is 0.351 e. The van der Waals surface area contributed by atoms with Crippen LogP contribution in [-0.2, 0) is 0 Å². The number of benzene rings is 1. The van der Waals surface area contributed by atoms with Gasteiger partial charge < -0.3 is 4.98 Å². The van der Waals surface area contributed by atoms with Gasteiger partial charge in [0, 0.05) is 10.1 Å². The smallest absolute Gasteiger partial charge is 0.166 e. The van der Waals surface area contributed by atoms with Gasteiger partial charge in [-0.15, -0.1) is 11.3 Å². The van der Waals surface area contributed by atoms with E-state index in [0.29, 0.717) is 5.69 Å². The van der Waals surface area contributed by atoms with Crippen molar-refractivity contribution in [2.75, 3.05) is 0 Å². The second kappa shape index (κ2) is 2.69. The third-order valence-electron chi connectivity index (χ3n) is 2.31. The molecule has 0 bridgehead atoms. The lowest BCUT2D eigenvalue weighted by molar-refractivity contribution is 0.112. The molecule has 0 aliphatic rings. The van der Waals surface area contributed by atoms with Gasteiger partial charge >= 0.3 is 0 Å². The van der Waals surface area contributed by atoms with Crippen LogP contribution in [0.2, 0.25) is 0 Å². The Hall–Kier alpha value is -1.61. The lowest BCUT2D eigenvalue weighted by atomic mass is 10.2. The minimum atomic E-state index is 0.650. The van der Waals surface area contributed by atoms with Crippen LogP contribution < -0.4 is 0 Å². The maximum atomic E-state index is 10.6. The zero-order valence-electron chi connectivity index (χ0n) is 7.28. The summed E-state index contributed by atoms with van der Waals surface area (Å²) >= 11 is 1.71. The zero-order chi connectivity index (χ0) is 9.54. The second-order valence-corrected chi connectivity index (χ2v) is 4.26. The predicted molar refractivity (Wildman–Crippen MR) is 59.1 cm³/mol. The maximum absolute atomic E-state index is 10.6. The predicted octanol–water partition coefficient (Wildman–Crippen LogP) is 3.20. The summed E-state index contributed by atoms with van der Waals surface area (Å²) in [7, 11) is 0. The van der Waals surface area contributed by atoms with E-state index in [4.69, 9.17) is 0 Å². The van der Waals surface area contributed by atoms with Crippen molar-refractivity contribution in [2.24, 2.45) is 0 Å². The fraction of sp³-hybridized carbons (Fsp3) is 0. The summed E-state index contributed by atoms with van der Waals surface area (Å²) in [4.78, 5) is 13.7. The molecule has 3 aromatic rings. The molecule has 0 amide bonds. The summed E-state index contributed by atoms with van der Waals surface area (Å²) in [5.41, 5.74) is 1.73. The molecule has 1 aromatic carbocycles. The van der Waals surface area contributed by atoms with E-state index in [1.54, 1.807) is 11.3 Å². The minimum Gasteiger partial charge on any atom is -0.351 e. The molecule has 14 heavy (non-hydrogen) atoms. The molecule has 2 nitrogen and oxygen atoms in total. The standard InChI is InChI=1S/C11H7NOS/c13-6-7-5-10-11(12-7)8-3-1-2-4-9(8)14-10/h1-6,12H. The van der Waals surface area contributed by atoms with Gasteiger partial charge in [-0.05, 0) is 12.1 Å². The lowest BCUT2D eigenvalue weighted by Gasteiger charge is -1.86. The molecular weight excluding hydrogens is 194 g/mol. The van der Waals surface area contributed by atoms with Crippen LogP contribution in [0.1, 0.15) is 10.5 Å². The molecule has 2 aromatic heterocycles. The van der Waals surface area contributed by atoms with Gasteiger partial charge in [0.25, 0.3) is 0 Å². The molecule has 0 radical (unpaired) electrons. The van der Waals surface area contributed by atoms with E-state index in [-0.39, 0.29) is 0 Å². The highest BCUT2D eigenvalue weighted by molar-refractivity contribution is 7.25. The SMILES string of the molecule is O=Cc1cc2sc3ccccc3c2[nH]1. The molecule has 0 unspecified atom stereocenters. The van der Waals surface area contributed by atoms with Gasteiger partial charge in [0.2, 0.25) is 0 Å². The van der Waals surface area contributed by atoms with E-state index in [1.165, 1.54) is 10.1 Å². The van der Waals surface area contributed by atoms with Crippen molar-refractivity contribution in [3.8, 4) is 0 Å². The molecule has 0 spiro atoms. The molecule has 0 saturated heterocycles. The van der Waals surface area contributed by atoms with E-state index in [1.807, 2.05) is 18.2 Å². The molecule has 0 aliphatic carbocycles. The van der Waals surface area contributed by atoms with Crippen LogP contribution in [0.3, 0.4) is 0 Å². The summed E-state index contributed by atoms with van der Waals surface area (Å²) in [6.45, 7) is 0. The number of thiophene rings is 1. The molecule has 3 rings (SSSR count). The number of aromatic nitrogens is 1. The number of nitrogens with one attached hydrogen (secondary N) is 1. The van der Waals surface area contributed by atoms with Crippen molar-refractivity contribution >= 4 is 37.9 Å². The highest BCUT2D eigenvalue weighted by atomic mass is 32.1. The molecule has 0 aliphatic heterocycles. The third-order valence-corrected chi connectivity index (χ3v) is 3.42. The summed E-state index contributed by atoms with van der Waals surface area (Å²) in [6.07, 6.45) is 0.849. The van der Waals surface area contributed by atoms with Gasteiger partial charge in [0.05, 0.1) is 15.9 Å². The average Bonchev–Trinajstić information content (AvgIpc) is 2.73. The van der Waals surface area contributed by atoms with E-state index in [2.05, 4.69) is 17.1 Å². The van der Waals surface area contributed by atoms with Crippen molar-refractivity contribution in [2.45, 2.75) is 0 Å². The Morgan fingerprint density at radius 2 is 2.07 bits per heavy atom. The topological polar surface area (TPSA) is 32.9 Å². The first kappa shape index (κ1) is 7.76. The number of hydrogen-bond acceptors (Lipinski definition) is 2. The number of H-pyrrole nitrogens is 1. The first-order valence-corrected chi connectivity index (χ1v) is 5.15. The molecule has 3 heteroatoms. The van der Waals surface area contributed by atoms with Gasteiger partial charge in [-0.3, -0.25) is 4.79 Å². The number of carbonyl (C=O) groups excluding carboxylic acids is 1. The normalized spacial score (nSPS) is 11.1. The van der Waals surface area contributed by atoms with Gasteiger partial charge in [-0.25, -0.2) is 0 Å². The Balaban J connectivity index is 2.50. The van der Waals surface area contributed by atoms with Crippen LogP contribution in [0.4, 0.5) is 0 Å². The molecule has 68 valence electrons. The van der Waals surface area contributed by atoms with Crippen molar-refractivity contribution in [1.82, 2.24) is 4.98 Å². The minimum absolute atomic E-state index is 0.650. The van der Waals surface area contributed by atoms with Crippen LogP contribution in [0.25, 0.3) is 20.3 Å². The molecule has 1 N–H and O–H groups in total. The van der Waals surface area contributed by atoms with Crippen molar-refractivity contribution in [3.05, 3.63) is 36.0 Å². The fourth-order valence-electron chi connectivity index (χ4n) is 1.68. The number of carbonyl (C=O) groups is 1. The monoisotopic (exact) mass is 201 g/mol. The second-order valence-electron chi connectivity index (χ2n) is 3.18. The summed E-state index contributed by atoms with van der Waals surface area (Å²) in [5, 5.41) is 1.20. The van der Waals surface area contributed by atoms with E-state index in [0.717, 1.165) is 16.5 Å². The van der Waals surface area contributed by atoms with Crippen LogP contribution in [0, 0.1) is 0 Å². The zero-order valence-corrected chi connectivity index (χ0v) is 8.10. The van der Waals surface area contributed by atoms with Crippen LogP contribution in [0.5, 0.6) is 0 Å². The number of aromatic amines is 1. The molecule has 0 fully saturated rings. The first-order valence-electron chi connectivity index (χ1n) is 4.34. The Morgan fingerprint density at radius 1 is 1.21 bits per heavy atom. The van der Waals surface area contributed by atoms with Crippen molar-refractivity contribution < 1.29 is 4.79 Å². The number of fused-ring (bicyclic) bond motifs is 3. The number of aldehydes is 1. The average molecular weight is 201 g/mol. The highest BCUT2D eigenvalue weighted by Gasteiger charge is 2.06. The number of hydrogen-bond donors (Lipinski definition) is 1. The van der Waals surface area contributed by atoms with Crippen LogP contribution in [-0.4, -0.2) is 11.3 Å². The van der Waals surface area contributed by atoms with Crippen LogP contribution >= 0.6 is 11.3 Å². The molecule has 2 heterocycles. The summed E-state index contributed by atoms with van der Waals surface area (Å²) in [6, 6.07) is 10.1. The highest BCUT2D eigenvalue weighted by Crippen LogP contribution is 2.33. The van der Waals surface area contributed by atoms with Gasteiger partial charge in [0.15, 0.2) is 6.29 Å². The fourth-order valence-corrected chi connectivity index (χ4v) is 2.79. The first-order chi connectivity index (χ1) is 6.88. The van der Waals surface area contributed by atoms with Gasteiger partial charge in [-0.1, -0.05) is 18.2 Å². The van der Waals surface area contributed by atoms with Gasteiger partial charge in [-0.2, -0.15) is 0 Å². The lowest BCUT2D eigenvalue weighted by Crippen LogP contribution is -1.75. The number of rotatable bonds is 1. The van der Waals surface area contributed by atoms with Crippen molar-refractivity contribution in [1.29, 1.82) is 0 Å². The van der Waals surface area contributed by atoms with E-state index < -0.39 is 0 Å². The van der Waals surface area contributed by atoms with Crippen molar-refractivity contribution in [3.63, 3.8) is 0 Å². The maximum Gasteiger partial charge on any atom is 0.166 e. The summed E-state index contributed by atoms with van der Waals surface area (Å²) < 4.78 is 2.40. The molecular formula is C11H7NOS. The molecule has 0 atom stereocenters. The Morgan fingerprint density at radius 3 is 2.93 bits per heavy atom. The molecule has 0 saturated carbocycles. The Labute approximate surface area is 84.2 Å². The Bertz CT molecular complexity index is 620. The van der Waals surface area contributed by atoms with E-state index >= 15 is 0 Å². The quantitative estimate of drug-likeness (QED) is 0.602. The summed E-state index contributed by atoms with van der Waals surface area (Å²) in [5.74, 6) is 0.